The fourth-order valence-corrected chi connectivity index (χ4v) is 4.86. The summed E-state index contributed by atoms with van der Waals surface area (Å²) in [6.45, 7) is 0. The fraction of sp³-hybridized carbons (Fsp3) is 0.417. The summed E-state index contributed by atoms with van der Waals surface area (Å²) in [6.07, 6.45) is 1.01. The highest BCUT2D eigenvalue weighted by molar-refractivity contribution is 7.89. The molecule has 2 rings (SSSR count). The van der Waals surface area contributed by atoms with Gasteiger partial charge >= 0.3 is 5.97 Å². The minimum Gasteiger partial charge on any atom is -0.478 e. The van der Waals surface area contributed by atoms with Gasteiger partial charge in [-0.1, -0.05) is 11.6 Å². The van der Waals surface area contributed by atoms with Crippen molar-refractivity contribution < 1.29 is 22.5 Å². The number of sulfonamides is 1. The van der Waals surface area contributed by atoms with E-state index in [0.29, 0.717) is 24.3 Å². The molecule has 0 radical (unpaired) electrons. The minimum absolute atomic E-state index is 0.0190. The molecule has 1 aromatic rings. The van der Waals surface area contributed by atoms with Crippen LogP contribution in [0.2, 0.25) is 5.02 Å². The van der Waals surface area contributed by atoms with Crippen molar-refractivity contribution in [3.8, 4) is 0 Å². The Balaban J connectivity index is 2.21. The molecule has 0 aromatic heterocycles. The van der Waals surface area contributed by atoms with E-state index in [1.54, 1.807) is 0 Å². The molecule has 6 nitrogen and oxygen atoms in total. The smallest absolute Gasteiger partial charge is 0.337 e. The molecule has 0 atom stereocenters. The van der Waals surface area contributed by atoms with E-state index in [1.807, 2.05) is 0 Å². The maximum Gasteiger partial charge on any atom is 0.337 e. The number of benzene rings is 1. The van der Waals surface area contributed by atoms with Gasteiger partial charge in [0.25, 0.3) is 0 Å². The van der Waals surface area contributed by atoms with Crippen LogP contribution in [0.3, 0.4) is 0 Å². The van der Waals surface area contributed by atoms with Crippen molar-refractivity contribution in [2.24, 2.45) is 0 Å². The number of aromatic carboxylic acids is 1. The third-order valence-corrected chi connectivity index (χ3v) is 6.42. The van der Waals surface area contributed by atoms with Crippen LogP contribution in [0.25, 0.3) is 0 Å². The molecule has 9 heteroatoms. The second-order valence-electron chi connectivity index (χ2n) is 4.69. The molecular formula is C12H14ClNO5S2. The largest absolute Gasteiger partial charge is 0.478 e. The third-order valence-electron chi connectivity index (χ3n) is 3.19. The van der Waals surface area contributed by atoms with Crippen molar-refractivity contribution in [2.45, 2.75) is 23.8 Å². The first-order valence-electron chi connectivity index (χ1n) is 6.20. The number of nitrogens with one attached hydrogen (secondary N) is 1. The summed E-state index contributed by atoms with van der Waals surface area (Å²) in [7, 11) is -4.70. The van der Waals surface area contributed by atoms with Crippen LogP contribution in [0.1, 0.15) is 23.2 Å². The van der Waals surface area contributed by atoms with Gasteiger partial charge in [0.15, 0.2) is 0 Å². The predicted octanol–water partition coefficient (Wildman–Crippen LogP) is 1.23. The molecule has 1 heterocycles. The Morgan fingerprint density at radius 3 is 2.52 bits per heavy atom. The van der Waals surface area contributed by atoms with Crippen molar-refractivity contribution in [2.75, 3.05) is 11.5 Å². The summed E-state index contributed by atoms with van der Waals surface area (Å²) < 4.78 is 38.3. The molecule has 0 saturated carbocycles. The quantitative estimate of drug-likeness (QED) is 0.849. The molecule has 0 bridgehead atoms. The average molecular weight is 352 g/mol. The Hall–Kier alpha value is -0.960. The Bertz CT molecular complexity index is 679. The molecule has 2 N–H and O–H groups in total. The fourth-order valence-electron chi connectivity index (χ4n) is 2.03. The molecule has 0 unspecified atom stereocenters. The zero-order valence-electron chi connectivity index (χ0n) is 10.9. The SMILES string of the molecule is O=C(O)c1cc(S(=O)(=O)NC2CCS(=O)CC2)ccc1Cl. The molecule has 0 amide bonds. The molecule has 116 valence electrons. The van der Waals surface area contributed by atoms with Gasteiger partial charge < -0.3 is 5.11 Å². The topological polar surface area (TPSA) is 101 Å². The summed E-state index contributed by atoms with van der Waals surface area (Å²) in [4.78, 5) is 10.9. The van der Waals surface area contributed by atoms with Gasteiger partial charge in [0.05, 0.1) is 15.5 Å². The predicted molar refractivity (Wildman–Crippen MR) is 79.6 cm³/mol. The summed E-state index contributed by atoms with van der Waals surface area (Å²) in [6, 6.07) is 3.26. The summed E-state index contributed by atoms with van der Waals surface area (Å²) in [5.41, 5.74) is -0.260. The lowest BCUT2D eigenvalue weighted by atomic mass is 10.2. The highest BCUT2D eigenvalue weighted by Crippen LogP contribution is 2.21. The monoisotopic (exact) mass is 351 g/mol. The molecule has 21 heavy (non-hydrogen) atoms. The summed E-state index contributed by atoms with van der Waals surface area (Å²) >= 11 is 5.72. The van der Waals surface area contributed by atoms with Crippen LogP contribution in [0.5, 0.6) is 0 Å². The first-order chi connectivity index (χ1) is 9.79. The molecule has 1 saturated heterocycles. The van der Waals surface area contributed by atoms with E-state index < -0.39 is 26.8 Å². The van der Waals surface area contributed by atoms with Gasteiger partial charge in [-0.15, -0.1) is 0 Å². The molecular weight excluding hydrogens is 338 g/mol. The second kappa shape index (κ2) is 6.43. The highest BCUT2D eigenvalue weighted by Gasteiger charge is 2.25. The van der Waals surface area contributed by atoms with Gasteiger partial charge in [0.2, 0.25) is 10.0 Å². The maximum absolute atomic E-state index is 12.2. The number of carboxylic acid groups (broad SMARTS) is 1. The van der Waals surface area contributed by atoms with Crippen molar-refractivity contribution >= 4 is 38.4 Å². The van der Waals surface area contributed by atoms with Crippen molar-refractivity contribution in [1.29, 1.82) is 0 Å². The average Bonchev–Trinajstić information content (AvgIpc) is 2.41. The number of halogens is 1. The van der Waals surface area contributed by atoms with Crippen LogP contribution >= 0.6 is 11.6 Å². The van der Waals surface area contributed by atoms with E-state index in [2.05, 4.69) is 4.72 Å². The third kappa shape index (κ3) is 4.03. The van der Waals surface area contributed by atoms with Crippen LogP contribution in [-0.4, -0.2) is 41.3 Å². The first-order valence-corrected chi connectivity index (χ1v) is 9.54. The lowest BCUT2D eigenvalue weighted by Crippen LogP contribution is -2.39. The zero-order valence-corrected chi connectivity index (χ0v) is 13.3. The number of hydrogen-bond acceptors (Lipinski definition) is 4. The van der Waals surface area contributed by atoms with Gasteiger partial charge in [-0.3, -0.25) is 4.21 Å². The van der Waals surface area contributed by atoms with Crippen LogP contribution in [-0.2, 0) is 20.8 Å². The number of carbonyl (C=O) groups is 1. The van der Waals surface area contributed by atoms with Crippen LogP contribution in [0, 0.1) is 0 Å². The minimum atomic E-state index is -3.82. The Labute approximate surface area is 130 Å². The number of hydrogen-bond donors (Lipinski definition) is 2. The molecule has 1 aliphatic rings. The maximum atomic E-state index is 12.2. The second-order valence-corrected chi connectivity index (χ2v) is 8.51. The van der Waals surface area contributed by atoms with E-state index in [-0.39, 0.29) is 21.5 Å². The van der Waals surface area contributed by atoms with Gasteiger partial charge in [0.1, 0.15) is 0 Å². The standard InChI is InChI=1S/C12H14ClNO5S2/c13-11-2-1-9(7-10(11)12(15)16)21(18,19)14-8-3-5-20(17)6-4-8/h1-2,7-8,14H,3-6H2,(H,15,16). The van der Waals surface area contributed by atoms with Gasteiger partial charge in [0, 0.05) is 28.3 Å². The van der Waals surface area contributed by atoms with Crippen LogP contribution in [0.4, 0.5) is 0 Å². The highest BCUT2D eigenvalue weighted by atomic mass is 35.5. The van der Waals surface area contributed by atoms with Crippen molar-refractivity contribution in [3.63, 3.8) is 0 Å². The van der Waals surface area contributed by atoms with E-state index >= 15 is 0 Å². The summed E-state index contributed by atoms with van der Waals surface area (Å²) in [5, 5.41) is 8.95. The number of rotatable bonds is 4. The van der Waals surface area contributed by atoms with Gasteiger partial charge in [-0.2, -0.15) is 0 Å². The van der Waals surface area contributed by atoms with Gasteiger partial charge in [-0.25, -0.2) is 17.9 Å². The Kier molecular flexibility index (Phi) is 5.03. The van der Waals surface area contributed by atoms with Crippen molar-refractivity contribution in [3.05, 3.63) is 28.8 Å². The lowest BCUT2D eigenvalue weighted by Gasteiger charge is -2.22. The van der Waals surface area contributed by atoms with E-state index in [9.17, 15) is 17.4 Å². The van der Waals surface area contributed by atoms with Crippen LogP contribution in [0.15, 0.2) is 23.1 Å². The van der Waals surface area contributed by atoms with Crippen molar-refractivity contribution in [1.82, 2.24) is 4.72 Å². The molecule has 1 aliphatic heterocycles. The summed E-state index contributed by atoms with van der Waals surface area (Å²) in [5.74, 6) is -0.354. The molecule has 1 fully saturated rings. The normalized spacial score (nSPS) is 22.9. The Morgan fingerprint density at radius 2 is 1.95 bits per heavy atom. The number of carboxylic acids is 1. The Morgan fingerprint density at radius 1 is 1.33 bits per heavy atom. The van der Waals surface area contributed by atoms with Crippen LogP contribution < -0.4 is 4.72 Å². The molecule has 1 aromatic carbocycles. The van der Waals surface area contributed by atoms with Gasteiger partial charge in [-0.05, 0) is 31.0 Å². The molecule has 0 aliphatic carbocycles. The zero-order chi connectivity index (χ0) is 15.6. The van der Waals surface area contributed by atoms with E-state index in [1.165, 1.54) is 12.1 Å². The van der Waals surface area contributed by atoms with E-state index in [0.717, 1.165) is 6.07 Å². The first kappa shape index (κ1) is 16.4. The molecule has 0 spiro atoms. The lowest BCUT2D eigenvalue weighted by molar-refractivity contribution is 0.0697. The van der Waals surface area contributed by atoms with E-state index in [4.69, 9.17) is 16.7 Å².